The number of carbonyl (C=O) groups excluding carboxylic acids is 1. The summed E-state index contributed by atoms with van der Waals surface area (Å²) in [6, 6.07) is 7.18. The number of aromatic nitrogens is 1. The lowest BCUT2D eigenvalue weighted by atomic mass is 9.78. The number of aryl methyl sites for hydroxylation is 2. The van der Waals surface area contributed by atoms with Gasteiger partial charge in [0.05, 0.1) is 0 Å². The number of hydrogen-bond acceptors (Lipinski definition) is 1. The van der Waals surface area contributed by atoms with Crippen molar-refractivity contribution in [1.82, 2.24) is 9.47 Å². The molecule has 0 N–H and O–H groups in total. The van der Waals surface area contributed by atoms with Crippen LogP contribution in [0, 0.1) is 18.8 Å². The normalized spacial score (nSPS) is 25.1. The van der Waals surface area contributed by atoms with Gasteiger partial charge in [-0.1, -0.05) is 25.0 Å². The van der Waals surface area contributed by atoms with Gasteiger partial charge < -0.3 is 9.47 Å². The predicted molar refractivity (Wildman–Crippen MR) is 114 cm³/mol. The third-order valence-electron chi connectivity index (χ3n) is 7.52. The van der Waals surface area contributed by atoms with Gasteiger partial charge in [-0.25, -0.2) is 0 Å². The summed E-state index contributed by atoms with van der Waals surface area (Å²) in [5.74, 6) is 2.03. The quantitative estimate of drug-likeness (QED) is 0.677. The molecule has 3 fully saturated rings. The van der Waals surface area contributed by atoms with E-state index in [-0.39, 0.29) is 0 Å². The summed E-state index contributed by atoms with van der Waals surface area (Å²) in [6.45, 7) is 4.35. The Kier molecular flexibility index (Phi) is 4.94. The van der Waals surface area contributed by atoms with Gasteiger partial charge in [-0.05, 0) is 80.9 Å². The van der Waals surface area contributed by atoms with E-state index in [9.17, 15) is 4.79 Å². The molecular formula is C25H34N2O. The van der Waals surface area contributed by atoms with E-state index < -0.39 is 0 Å². The van der Waals surface area contributed by atoms with E-state index in [1.165, 1.54) is 73.4 Å². The van der Waals surface area contributed by atoms with E-state index >= 15 is 0 Å². The van der Waals surface area contributed by atoms with E-state index in [0.717, 1.165) is 31.3 Å². The molecule has 2 heterocycles. The largest absolute Gasteiger partial charge is 0.347 e. The van der Waals surface area contributed by atoms with E-state index in [4.69, 9.17) is 0 Å². The summed E-state index contributed by atoms with van der Waals surface area (Å²) in [5.41, 5.74) is 4.08. The van der Waals surface area contributed by atoms with Gasteiger partial charge in [0, 0.05) is 42.7 Å². The van der Waals surface area contributed by atoms with Gasteiger partial charge in [-0.2, -0.15) is 0 Å². The van der Waals surface area contributed by atoms with Crippen molar-refractivity contribution in [3.05, 3.63) is 35.5 Å². The van der Waals surface area contributed by atoms with E-state index in [1.807, 2.05) is 0 Å². The van der Waals surface area contributed by atoms with Crippen molar-refractivity contribution in [1.29, 1.82) is 0 Å². The van der Waals surface area contributed by atoms with E-state index in [2.05, 4.69) is 40.8 Å². The Morgan fingerprint density at radius 1 is 1.07 bits per heavy atom. The van der Waals surface area contributed by atoms with Crippen LogP contribution in [0.15, 0.2) is 24.4 Å². The highest BCUT2D eigenvalue weighted by Crippen LogP contribution is 2.36. The SMILES string of the molecule is Cc1cccc2c1c(CCC(=O)N1CCCC3CCCCC31)cn2CC1CC1. The predicted octanol–water partition coefficient (Wildman–Crippen LogP) is 5.47. The molecule has 1 amide bonds. The zero-order valence-electron chi connectivity index (χ0n) is 17.3. The zero-order valence-corrected chi connectivity index (χ0v) is 17.3. The molecule has 1 aromatic heterocycles. The molecule has 1 aromatic carbocycles. The highest BCUT2D eigenvalue weighted by molar-refractivity contribution is 5.88. The fraction of sp³-hybridized carbons (Fsp3) is 0.640. The highest BCUT2D eigenvalue weighted by atomic mass is 16.2. The Morgan fingerprint density at radius 2 is 1.89 bits per heavy atom. The lowest BCUT2D eigenvalue weighted by molar-refractivity contribution is -0.137. The second-order valence-corrected chi connectivity index (χ2v) is 9.56. The molecule has 2 atom stereocenters. The maximum absolute atomic E-state index is 13.2. The average molecular weight is 379 g/mol. The molecule has 150 valence electrons. The first-order valence-corrected chi connectivity index (χ1v) is 11.6. The smallest absolute Gasteiger partial charge is 0.223 e. The minimum Gasteiger partial charge on any atom is -0.347 e. The molecule has 0 bridgehead atoms. The number of piperidine rings is 1. The van der Waals surface area contributed by atoms with Crippen molar-refractivity contribution in [2.45, 2.75) is 83.7 Å². The van der Waals surface area contributed by atoms with Gasteiger partial charge >= 0.3 is 0 Å². The van der Waals surface area contributed by atoms with Gasteiger partial charge in [-0.3, -0.25) is 4.79 Å². The van der Waals surface area contributed by atoms with Crippen LogP contribution in [-0.2, 0) is 17.8 Å². The standard InChI is InChI=1S/C25H34N2O/c1-18-6-4-10-23-25(18)21(17-26(23)16-19-11-12-19)13-14-24(28)27-15-5-8-20-7-2-3-9-22(20)27/h4,6,10,17,19-20,22H,2-3,5,7-9,11-16H2,1H3. The van der Waals surface area contributed by atoms with E-state index in [0.29, 0.717) is 18.4 Å². The van der Waals surface area contributed by atoms with Crippen molar-refractivity contribution < 1.29 is 4.79 Å². The summed E-state index contributed by atoms with van der Waals surface area (Å²) in [5, 5.41) is 1.39. The number of benzene rings is 1. The number of nitrogens with zero attached hydrogens (tertiary/aromatic N) is 2. The summed E-state index contributed by atoms with van der Waals surface area (Å²) >= 11 is 0. The van der Waals surface area contributed by atoms with Crippen LogP contribution in [0.1, 0.15) is 68.9 Å². The molecule has 1 saturated heterocycles. The molecule has 28 heavy (non-hydrogen) atoms. The van der Waals surface area contributed by atoms with Crippen molar-refractivity contribution in [2.24, 2.45) is 11.8 Å². The number of rotatable bonds is 5. The van der Waals surface area contributed by atoms with Crippen LogP contribution in [0.3, 0.4) is 0 Å². The molecule has 5 rings (SSSR count). The summed E-state index contributed by atoms with van der Waals surface area (Å²) in [6.07, 6.45) is 14.4. The summed E-state index contributed by atoms with van der Waals surface area (Å²) in [7, 11) is 0. The minimum atomic E-state index is 0.397. The second kappa shape index (κ2) is 7.57. The van der Waals surface area contributed by atoms with Gasteiger partial charge in [0.2, 0.25) is 5.91 Å². The Hall–Kier alpha value is -1.77. The zero-order chi connectivity index (χ0) is 19.1. The first-order chi connectivity index (χ1) is 13.7. The fourth-order valence-corrected chi connectivity index (χ4v) is 5.87. The molecule has 3 heteroatoms. The second-order valence-electron chi connectivity index (χ2n) is 9.56. The monoisotopic (exact) mass is 378 g/mol. The average Bonchev–Trinajstić information content (AvgIpc) is 3.46. The Morgan fingerprint density at radius 3 is 2.75 bits per heavy atom. The van der Waals surface area contributed by atoms with E-state index in [1.54, 1.807) is 0 Å². The summed E-state index contributed by atoms with van der Waals surface area (Å²) < 4.78 is 2.46. The van der Waals surface area contributed by atoms with Crippen LogP contribution in [0.4, 0.5) is 0 Å². The highest BCUT2D eigenvalue weighted by Gasteiger charge is 2.35. The van der Waals surface area contributed by atoms with Crippen molar-refractivity contribution >= 4 is 16.8 Å². The molecule has 2 aromatic rings. The lowest BCUT2D eigenvalue weighted by Crippen LogP contribution is -2.49. The number of hydrogen-bond donors (Lipinski definition) is 0. The summed E-state index contributed by atoms with van der Waals surface area (Å²) in [4.78, 5) is 15.4. The number of carbonyl (C=O) groups is 1. The lowest BCUT2D eigenvalue weighted by Gasteiger charge is -2.44. The fourth-order valence-electron chi connectivity index (χ4n) is 5.87. The van der Waals surface area contributed by atoms with Gasteiger partial charge in [-0.15, -0.1) is 0 Å². The first kappa shape index (κ1) is 18.3. The molecule has 3 nitrogen and oxygen atoms in total. The van der Waals surface area contributed by atoms with Gasteiger partial charge in [0.15, 0.2) is 0 Å². The van der Waals surface area contributed by atoms with Gasteiger partial charge in [0.25, 0.3) is 0 Å². The number of fused-ring (bicyclic) bond motifs is 2. The molecule has 0 spiro atoms. The first-order valence-electron chi connectivity index (χ1n) is 11.6. The molecule has 3 aliphatic rings. The number of likely N-dealkylation sites (tertiary alicyclic amines) is 1. The molecule has 2 saturated carbocycles. The topological polar surface area (TPSA) is 25.2 Å². The molecule has 0 radical (unpaired) electrons. The number of amides is 1. The Balaban J connectivity index is 1.33. The Bertz CT molecular complexity index is 861. The van der Waals surface area contributed by atoms with Gasteiger partial charge in [0.1, 0.15) is 0 Å². The van der Waals surface area contributed by atoms with Crippen LogP contribution in [0.5, 0.6) is 0 Å². The van der Waals surface area contributed by atoms with Crippen LogP contribution in [-0.4, -0.2) is 28.0 Å². The molecular weight excluding hydrogens is 344 g/mol. The third kappa shape index (κ3) is 3.49. The van der Waals surface area contributed by atoms with Crippen LogP contribution in [0.25, 0.3) is 10.9 Å². The molecule has 2 aliphatic carbocycles. The maximum atomic E-state index is 13.2. The van der Waals surface area contributed by atoms with Crippen LogP contribution < -0.4 is 0 Å². The third-order valence-corrected chi connectivity index (χ3v) is 7.52. The molecule has 2 unspecified atom stereocenters. The van der Waals surface area contributed by atoms with Crippen LogP contribution >= 0.6 is 0 Å². The van der Waals surface area contributed by atoms with Crippen molar-refractivity contribution in [3.8, 4) is 0 Å². The van der Waals surface area contributed by atoms with Crippen LogP contribution in [0.2, 0.25) is 0 Å². The maximum Gasteiger partial charge on any atom is 0.223 e. The van der Waals surface area contributed by atoms with Crippen molar-refractivity contribution in [3.63, 3.8) is 0 Å². The minimum absolute atomic E-state index is 0.397. The molecule has 1 aliphatic heterocycles. The Labute approximate surface area is 169 Å². The van der Waals surface area contributed by atoms with Crippen molar-refractivity contribution in [2.75, 3.05) is 6.54 Å².